The Morgan fingerprint density at radius 1 is 0.886 bits per heavy atom. The molecule has 44 heavy (non-hydrogen) atoms. The summed E-state index contributed by atoms with van der Waals surface area (Å²) in [6.07, 6.45) is 3.90. The highest BCUT2D eigenvalue weighted by Crippen LogP contribution is 2.29. The van der Waals surface area contributed by atoms with Crippen molar-refractivity contribution in [3.63, 3.8) is 0 Å². The number of anilines is 2. The Bertz CT molecular complexity index is 1590. The van der Waals surface area contributed by atoms with E-state index < -0.39 is 17.8 Å². The van der Waals surface area contributed by atoms with Crippen LogP contribution in [0.5, 0.6) is 5.75 Å². The van der Waals surface area contributed by atoms with Crippen LogP contribution >= 0.6 is 0 Å². The smallest absolute Gasteiger partial charge is 0.326 e. The molecule has 2 N–H and O–H groups in total. The van der Waals surface area contributed by atoms with Gasteiger partial charge in [0.15, 0.2) is 5.78 Å². The number of carbonyl (C=O) groups excluding carboxylic acids is 2. The molecule has 0 bridgehead atoms. The zero-order chi connectivity index (χ0) is 30.9. The third kappa shape index (κ3) is 7.69. The molecule has 4 aromatic rings. The monoisotopic (exact) mass is 594 g/mol. The number of ketones is 1. The molecule has 226 valence electrons. The first-order valence-electron chi connectivity index (χ1n) is 14.9. The van der Waals surface area contributed by atoms with Crippen molar-refractivity contribution in [2.24, 2.45) is 5.92 Å². The zero-order valence-electron chi connectivity index (χ0n) is 24.3. The Hall–Kier alpha value is -4.98. The van der Waals surface area contributed by atoms with Crippen molar-refractivity contribution in [1.29, 1.82) is 0 Å². The molecule has 1 atom stereocenters. The molecule has 0 unspecified atom stereocenters. The summed E-state index contributed by atoms with van der Waals surface area (Å²) in [7, 11) is 0. The Morgan fingerprint density at radius 3 is 2.30 bits per heavy atom. The lowest BCUT2D eigenvalue weighted by molar-refractivity contribution is -0.137. The van der Waals surface area contributed by atoms with Gasteiger partial charge in [-0.05, 0) is 60.9 Å². The fourth-order valence-electron chi connectivity index (χ4n) is 5.56. The molecule has 0 aliphatic heterocycles. The second-order valence-corrected chi connectivity index (χ2v) is 10.9. The van der Waals surface area contributed by atoms with Gasteiger partial charge in [-0.15, -0.1) is 0 Å². The third-order valence-electron chi connectivity index (χ3n) is 7.87. The number of halogens is 1. The lowest BCUT2D eigenvalue weighted by Crippen LogP contribution is -2.38. The SMILES string of the molecule is O=C(c1ccccc1)c1ccccc1N[C@@H](Cc1ccc(OCCN(C(=O)C2CCCC2)c2cccc(F)c2)cc1)C(=O)O. The largest absolute Gasteiger partial charge is 0.492 e. The molecule has 0 heterocycles. The fourth-order valence-corrected chi connectivity index (χ4v) is 5.56. The van der Waals surface area contributed by atoms with E-state index in [0.717, 1.165) is 31.2 Å². The Kier molecular flexibility index (Phi) is 10.0. The minimum Gasteiger partial charge on any atom is -0.492 e. The molecule has 8 heteroatoms. The van der Waals surface area contributed by atoms with Crippen LogP contribution in [0.4, 0.5) is 15.8 Å². The number of hydrogen-bond donors (Lipinski definition) is 2. The topological polar surface area (TPSA) is 95.9 Å². The molecular weight excluding hydrogens is 559 g/mol. The Morgan fingerprint density at radius 2 is 1.59 bits per heavy atom. The summed E-state index contributed by atoms with van der Waals surface area (Å²) < 4.78 is 19.9. The molecule has 1 aliphatic rings. The number of rotatable bonds is 13. The van der Waals surface area contributed by atoms with Crippen LogP contribution in [0.2, 0.25) is 0 Å². The van der Waals surface area contributed by atoms with Crippen molar-refractivity contribution in [2.75, 3.05) is 23.4 Å². The predicted octanol–water partition coefficient (Wildman–Crippen LogP) is 6.77. The van der Waals surface area contributed by atoms with Crippen LogP contribution < -0.4 is 15.0 Å². The van der Waals surface area contributed by atoms with Crippen molar-refractivity contribution in [2.45, 2.75) is 38.1 Å². The molecule has 1 aliphatic carbocycles. The highest BCUT2D eigenvalue weighted by molar-refractivity contribution is 6.12. The fraction of sp³-hybridized carbons (Fsp3) is 0.250. The number of para-hydroxylation sites is 1. The average Bonchev–Trinajstić information content (AvgIpc) is 3.59. The number of carboxylic acids is 1. The van der Waals surface area contributed by atoms with E-state index in [2.05, 4.69) is 5.32 Å². The molecular formula is C36H35FN2O5. The number of hydrogen-bond acceptors (Lipinski definition) is 5. The number of ether oxygens (including phenoxy) is 1. The van der Waals surface area contributed by atoms with Gasteiger partial charge in [0.2, 0.25) is 5.91 Å². The van der Waals surface area contributed by atoms with Gasteiger partial charge >= 0.3 is 5.97 Å². The summed E-state index contributed by atoms with van der Waals surface area (Å²) in [5.41, 5.74) is 2.64. The third-order valence-corrected chi connectivity index (χ3v) is 7.87. The van der Waals surface area contributed by atoms with E-state index in [9.17, 15) is 23.9 Å². The van der Waals surface area contributed by atoms with E-state index in [1.54, 1.807) is 89.8 Å². The molecule has 7 nitrogen and oxygen atoms in total. The number of nitrogens with one attached hydrogen (secondary N) is 1. The van der Waals surface area contributed by atoms with Gasteiger partial charge in [-0.25, -0.2) is 9.18 Å². The van der Waals surface area contributed by atoms with Gasteiger partial charge in [-0.3, -0.25) is 9.59 Å². The molecule has 0 radical (unpaired) electrons. The van der Waals surface area contributed by atoms with Crippen LogP contribution in [0, 0.1) is 11.7 Å². The van der Waals surface area contributed by atoms with Crippen molar-refractivity contribution < 1.29 is 28.6 Å². The quantitative estimate of drug-likeness (QED) is 0.166. The number of amides is 1. The first-order valence-corrected chi connectivity index (χ1v) is 14.9. The molecule has 0 aromatic heterocycles. The van der Waals surface area contributed by atoms with Gasteiger partial charge in [0.25, 0.3) is 0 Å². The minimum atomic E-state index is -1.04. The molecule has 1 amide bonds. The normalized spacial score (nSPS) is 13.7. The predicted molar refractivity (Wildman–Crippen MR) is 168 cm³/mol. The first kappa shape index (κ1) is 30.5. The maximum Gasteiger partial charge on any atom is 0.326 e. The molecule has 1 fully saturated rings. The number of carbonyl (C=O) groups is 3. The molecule has 0 saturated heterocycles. The summed E-state index contributed by atoms with van der Waals surface area (Å²) in [5, 5.41) is 13.0. The Labute approximate surface area is 256 Å². The van der Waals surface area contributed by atoms with E-state index in [4.69, 9.17) is 4.74 Å². The molecule has 1 saturated carbocycles. The van der Waals surface area contributed by atoms with Crippen LogP contribution in [-0.2, 0) is 16.0 Å². The second-order valence-electron chi connectivity index (χ2n) is 10.9. The maximum atomic E-state index is 14.0. The lowest BCUT2D eigenvalue weighted by Gasteiger charge is -2.26. The molecule has 4 aromatic carbocycles. The van der Waals surface area contributed by atoms with E-state index in [0.29, 0.717) is 28.3 Å². The minimum absolute atomic E-state index is 0.00805. The van der Waals surface area contributed by atoms with Gasteiger partial charge < -0.3 is 20.1 Å². The van der Waals surface area contributed by atoms with Crippen molar-refractivity contribution in [3.05, 3.63) is 126 Å². The summed E-state index contributed by atoms with van der Waals surface area (Å²) in [5.74, 6) is -1.14. The van der Waals surface area contributed by atoms with Gasteiger partial charge in [0.05, 0.1) is 6.54 Å². The standard InChI is InChI=1S/C36H35FN2O5/c37-28-13-8-14-29(24-28)39(35(41)27-11-4-5-12-27)21-22-44-30-19-17-25(18-20-30)23-33(36(42)43)38-32-16-7-6-15-31(32)34(40)26-9-2-1-3-10-26/h1-3,6-10,13-20,24,27,33,38H,4-5,11-12,21-23H2,(H,42,43)/t33-/m0/s1. The summed E-state index contributed by atoms with van der Waals surface area (Å²) in [6.45, 7) is 0.479. The van der Waals surface area contributed by atoms with Crippen LogP contribution in [0.3, 0.4) is 0 Å². The van der Waals surface area contributed by atoms with E-state index >= 15 is 0 Å². The van der Waals surface area contributed by atoms with Gasteiger partial charge in [-0.2, -0.15) is 0 Å². The maximum absolute atomic E-state index is 14.0. The zero-order valence-corrected chi connectivity index (χ0v) is 24.3. The first-order chi connectivity index (χ1) is 21.4. The van der Waals surface area contributed by atoms with E-state index in [-0.39, 0.29) is 37.2 Å². The van der Waals surface area contributed by atoms with Crippen LogP contribution in [0.25, 0.3) is 0 Å². The number of nitrogens with zero attached hydrogens (tertiary/aromatic N) is 1. The summed E-state index contributed by atoms with van der Waals surface area (Å²) >= 11 is 0. The average molecular weight is 595 g/mol. The van der Waals surface area contributed by atoms with Crippen molar-refractivity contribution in [3.8, 4) is 5.75 Å². The number of carboxylic acid groups (broad SMARTS) is 1. The highest BCUT2D eigenvalue weighted by Gasteiger charge is 2.28. The molecule has 0 spiro atoms. The van der Waals surface area contributed by atoms with Crippen LogP contribution in [0.15, 0.2) is 103 Å². The van der Waals surface area contributed by atoms with Crippen LogP contribution in [-0.4, -0.2) is 42.0 Å². The Balaban J connectivity index is 1.21. The van der Waals surface area contributed by atoms with Gasteiger partial charge in [-0.1, -0.05) is 73.5 Å². The number of aliphatic carboxylic acids is 1. The van der Waals surface area contributed by atoms with Gasteiger partial charge in [0, 0.05) is 34.8 Å². The van der Waals surface area contributed by atoms with Gasteiger partial charge in [0.1, 0.15) is 24.2 Å². The van der Waals surface area contributed by atoms with Crippen molar-refractivity contribution in [1.82, 2.24) is 0 Å². The highest BCUT2D eigenvalue weighted by atomic mass is 19.1. The van der Waals surface area contributed by atoms with Crippen molar-refractivity contribution >= 4 is 29.0 Å². The lowest BCUT2D eigenvalue weighted by atomic mass is 10.00. The molecule has 5 rings (SSSR count). The number of benzene rings is 4. The van der Waals surface area contributed by atoms with E-state index in [1.807, 2.05) is 6.07 Å². The summed E-state index contributed by atoms with van der Waals surface area (Å²) in [4.78, 5) is 40.1. The van der Waals surface area contributed by atoms with Crippen LogP contribution in [0.1, 0.15) is 47.2 Å². The summed E-state index contributed by atoms with van der Waals surface area (Å²) in [6, 6.07) is 27.9. The second kappa shape index (κ2) is 14.5. The van der Waals surface area contributed by atoms with E-state index in [1.165, 1.54) is 12.1 Å².